The Balaban J connectivity index is 1.06. The van der Waals surface area contributed by atoms with Gasteiger partial charge in [0.05, 0.1) is 6.61 Å². The zero-order valence-corrected chi connectivity index (χ0v) is 18.9. The molecule has 1 aromatic carbocycles. The quantitative estimate of drug-likeness (QED) is 0.561. The van der Waals surface area contributed by atoms with Crippen LogP contribution in [0, 0.1) is 0 Å². The van der Waals surface area contributed by atoms with Gasteiger partial charge >= 0.3 is 0 Å². The monoisotopic (exact) mass is 446 g/mol. The van der Waals surface area contributed by atoms with Crippen LogP contribution in [0.4, 0.5) is 5.69 Å². The Bertz CT molecular complexity index is 1200. The van der Waals surface area contributed by atoms with E-state index in [1.807, 2.05) is 24.3 Å². The second kappa shape index (κ2) is 9.75. The number of rotatable bonds is 7. The van der Waals surface area contributed by atoms with Gasteiger partial charge in [0.1, 0.15) is 5.65 Å². The number of unbranched alkanes of at least 4 members (excludes halogenated alkanes) is 1. The average molecular weight is 447 g/mol. The molecule has 3 aromatic rings. The van der Waals surface area contributed by atoms with Crippen molar-refractivity contribution in [1.29, 1.82) is 0 Å². The van der Waals surface area contributed by atoms with Crippen LogP contribution in [-0.4, -0.2) is 60.0 Å². The van der Waals surface area contributed by atoms with E-state index in [0.717, 1.165) is 69.4 Å². The van der Waals surface area contributed by atoms with E-state index < -0.39 is 0 Å². The SMILES string of the molecule is O=C1CCCc2c1cccc2N1CCN(CCCCOc2ccc3ccc(=O)[nH]c3n2)CC1. The van der Waals surface area contributed by atoms with Crippen molar-refractivity contribution in [2.24, 2.45) is 0 Å². The third kappa shape index (κ3) is 4.93. The van der Waals surface area contributed by atoms with Crippen molar-refractivity contribution in [2.45, 2.75) is 32.1 Å². The number of hydrogen-bond acceptors (Lipinski definition) is 6. The van der Waals surface area contributed by atoms with Crippen molar-refractivity contribution in [3.8, 4) is 5.88 Å². The van der Waals surface area contributed by atoms with Gasteiger partial charge in [-0.3, -0.25) is 14.5 Å². The minimum absolute atomic E-state index is 0.159. The van der Waals surface area contributed by atoms with Crippen molar-refractivity contribution < 1.29 is 9.53 Å². The zero-order valence-electron chi connectivity index (χ0n) is 18.9. The van der Waals surface area contributed by atoms with Crippen LogP contribution in [0.2, 0.25) is 0 Å². The molecule has 33 heavy (non-hydrogen) atoms. The predicted octanol–water partition coefficient (Wildman–Crippen LogP) is 3.42. The highest BCUT2D eigenvalue weighted by atomic mass is 16.5. The van der Waals surface area contributed by atoms with Gasteiger partial charge in [0.2, 0.25) is 11.4 Å². The molecule has 1 saturated heterocycles. The van der Waals surface area contributed by atoms with E-state index in [1.54, 1.807) is 6.07 Å². The largest absolute Gasteiger partial charge is 0.478 e. The van der Waals surface area contributed by atoms with Gasteiger partial charge in [-0.05, 0) is 56.0 Å². The van der Waals surface area contributed by atoms with Gasteiger partial charge in [-0.2, -0.15) is 4.98 Å². The molecule has 0 atom stereocenters. The molecule has 172 valence electrons. The van der Waals surface area contributed by atoms with Crippen molar-refractivity contribution in [3.05, 3.63) is 63.9 Å². The van der Waals surface area contributed by atoms with Crippen LogP contribution in [-0.2, 0) is 6.42 Å². The second-order valence-electron chi connectivity index (χ2n) is 8.87. The van der Waals surface area contributed by atoms with E-state index in [1.165, 1.54) is 17.3 Å². The minimum Gasteiger partial charge on any atom is -0.478 e. The molecule has 1 fully saturated rings. The van der Waals surface area contributed by atoms with Gasteiger partial charge in [0.25, 0.3) is 0 Å². The summed E-state index contributed by atoms with van der Waals surface area (Å²) in [6.07, 6.45) is 4.70. The van der Waals surface area contributed by atoms with Gasteiger partial charge in [0, 0.05) is 61.4 Å². The lowest BCUT2D eigenvalue weighted by atomic mass is 9.89. The Labute approximate surface area is 193 Å². The van der Waals surface area contributed by atoms with Gasteiger partial charge in [-0.1, -0.05) is 12.1 Å². The Kier molecular flexibility index (Phi) is 6.39. The van der Waals surface area contributed by atoms with E-state index in [4.69, 9.17) is 4.74 Å². The normalized spacial score (nSPS) is 16.7. The summed E-state index contributed by atoms with van der Waals surface area (Å²) in [4.78, 5) is 35.8. The van der Waals surface area contributed by atoms with E-state index in [9.17, 15) is 9.59 Å². The molecule has 3 heterocycles. The Hall–Kier alpha value is -3.19. The smallest absolute Gasteiger partial charge is 0.249 e. The number of piperazine rings is 1. The summed E-state index contributed by atoms with van der Waals surface area (Å²) in [6, 6.07) is 13.2. The second-order valence-corrected chi connectivity index (χ2v) is 8.87. The topological polar surface area (TPSA) is 78.5 Å². The number of Topliss-reactive ketones (excluding diaryl/α,β-unsaturated/α-hetero) is 1. The fourth-order valence-corrected chi connectivity index (χ4v) is 4.87. The summed E-state index contributed by atoms with van der Waals surface area (Å²) >= 11 is 0. The molecule has 2 aliphatic rings. The predicted molar refractivity (Wildman–Crippen MR) is 129 cm³/mol. The summed E-state index contributed by atoms with van der Waals surface area (Å²) in [5, 5.41) is 0.892. The first-order chi connectivity index (χ1) is 16.2. The Morgan fingerprint density at radius 1 is 0.939 bits per heavy atom. The molecule has 1 aliphatic carbocycles. The van der Waals surface area contributed by atoms with Crippen molar-refractivity contribution >= 4 is 22.5 Å². The maximum Gasteiger partial charge on any atom is 0.249 e. The Morgan fingerprint density at radius 2 is 1.79 bits per heavy atom. The van der Waals surface area contributed by atoms with Crippen LogP contribution >= 0.6 is 0 Å². The summed E-state index contributed by atoms with van der Waals surface area (Å²) in [7, 11) is 0. The lowest BCUT2D eigenvalue weighted by Gasteiger charge is -2.37. The number of ether oxygens (including phenoxy) is 1. The summed E-state index contributed by atoms with van der Waals surface area (Å²) in [6.45, 7) is 5.75. The van der Waals surface area contributed by atoms with Gasteiger partial charge < -0.3 is 14.6 Å². The van der Waals surface area contributed by atoms with Crippen LogP contribution in [0.3, 0.4) is 0 Å². The fraction of sp³-hybridized carbons (Fsp3) is 0.423. The Morgan fingerprint density at radius 3 is 2.67 bits per heavy atom. The molecule has 1 aliphatic heterocycles. The number of nitrogens with one attached hydrogen (secondary N) is 1. The number of H-pyrrole nitrogens is 1. The number of pyridine rings is 2. The number of carbonyl (C=O) groups excluding carboxylic acids is 1. The van der Waals surface area contributed by atoms with Crippen molar-refractivity contribution in [2.75, 3.05) is 44.2 Å². The molecule has 5 rings (SSSR count). The van der Waals surface area contributed by atoms with Gasteiger partial charge in [-0.15, -0.1) is 0 Å². The van der Waals surface area contributed by atoms with Crippen molar-refractivity contribution in [3.63, 3.8) is 0 Å². The maximum atomic E-state index is 12.3. The van der Waals surface area contributed by atoms with Crippen molar-refractivity contribution in [1.82, 2.24) is 14.9 Å². The number of benzene rings is 1. The number of aromatic nitrogens is 2. The molecule has 0 bridgehead atoms. The van der Waals surface area contributed by atoms with E-state index >= 15 is 0 Å². The molecule has 0 spiro atoms. The number of fused-ring (bicyclic) bond motifs is 2. The highest BCUT2D eigenvalue weighted by molar-refractivity contribution is 5.99. The lowest BCUT2D eigenvalue weighted by Crippen LogP contribution is -2.47. The number of nitrogens with zero attached hydrogens (tertiary/aromatic N) is 3. The number of ketones is 1. The first-order valence-electron chi connectivity index (χ1n) is 11.9. The molecule has 7 heteroatoms. The molecule has 0 amide bonds. The molecular formula is C26H30N4O3. The number of anilines is 1. The summed E-state index contributed by atoms with van der Waals surface area (Å²) in [5.74, 6) is 0.841. The molecule has 0 saturated carbocycles. The van der Waals surface area contributed by atoms with Crippen LogP contribution in [0.1, 0.15) is 41.6 Å². The van der Waals surface area contributed by atoms with Crippen LogP contribution in [0.5, 0.6) is 5.88 Å². The zero-order chi connectivity index (χ0) is 22.6. The molecule has 2 aromatic heterocycles. The van der Waals surface area contributed by atoms with E-state index in [0.29, 0.717) is 30.3 Å². The molecule has 0 radical (unpaired) electrons. The lowest BCUT2D eigenvalue weighted by molar-refractivity contribution is 0.0972. The van der Waals surface area contributed by atoms with Crippen LogP contribution in [0.25, 0.3) is 11.0 Å². The molecule has 0 unspecified atom stereocenters. The van der Waals surface area contributed by atoms with E-state index in [2.05, 4.69) is 25.8 Å². The highest BCUT2D eigenvalue weighted by Crippen LogP contribution is 2.31. The molecule has 1 N–H and O–H groups in total. The summed E-state index contributed by atoms with van der Waals surface area (Å²) < 4.78 is 5.79. The maximum absolute atomic E-state index is 12.3. The van der Waals surface area contributed by atoms with Crippen LogP contribution < -0.4 is 15.2 Å². The number of aromatic amines is 1. The van der Waals surface area contributed by atoms with Gasteiger partial charge in [0.15, 0.2) is 5.78 Å². The number of carbonyl (C=O) groups is 1. The average Bonchev–Trinajstić information content (AvgIpc) is 2.84. The number of hydrogen-bond donors (Lipinski definition) is 1. The third-order valence-corrected chi connectivity index (χ3v) is 6.67. The minimum atomic E-state index is -0.159. The summed E-state index contributed by atoms with van der Waals surface area (Å²) in [5.41, 5.74) is 3.85. The standard InChI is InChI=1S/C26H30N4O3/c31-23-8-4-5-20-21(23)6-3-7-22(20)30-16-14-29(15-17-30)13-1-2-18-33-25-12-10-19-9-11-24(32)27-26(19)28-25/h3,6-7,9-12H,1-2,4-5,8,13-18H2,(H,27,28,32). The van der Waals surface area contributed by atoms with Crippen LogP contribution in [0.15, 0.2) is 47.3 Å². The fourth-order valence-electron chi connectivity index (χ4n) is 4.87. The first-order valence-corrected chi connectivity index (χ1v) is 11.9. The highest BCUT2D eigenvalue weighted by Gasteiger charge is 2.24. The molecular weight excluding hydrogens is 416 g/mol. The molecule has 7 nitrogen and oxygen atoms in total. The third-order valence-electron chi connectivity index (χ3n) is 6.67. The van der Waals surface area contributed by atoms with Gasteiger partial charge in [-0.25, -0.2) is 0 Å². The first kappa shape index (κ1) is 21.6. The van der Waals surface area contributed by atoms with E-state index in [-0.39, 0.29) is 5.56 Å².